The second-order valence-electron chi connectivity index (χ2n) is 7.15. The van der Waals surface area contributed by atoms with Crippen molar-refractivity contribution in [2.24, 2.45) is 0 Å². The largest absolute Gasteiger partial charge is 0.349 e. The van der Waals surface area contributed by atoms with Crippen molar-refractivity contribution in [2.75, 3.05) is 0 Å². The molecule has 1 unspecified atom stereocenters. The summed E-state index contributed by atoms with van der Waals surface area (Å²) in [4.78, 5) is 17.3. The summed E-state index contributed by atoms with van der Waals surface area (Å²) in [6, 6.07) is 18.8. The second kappa shape index (κ2) is 10.4. The van der Waals surface area contributed by atoms with Gasteiger partial charge in [0.05, 0.1) is 11.6 Å². The Balaban J connectivity index is 1.74. The van der Waals surface area contributed by atoms with Crippen molar-refractivity contribution in [3.63, 3.8) is 0 Å². The summed E-state index contributed by atoms with van der Waals surface area (Å²) < 4.78 is 0.918. The Morgan fingerprint density at radius 2 is 1.97 bits per heavy atom. The summed E-state index contributed by atoms with van der Waals surface area (Å²) >= 11 is 9.38. The molecule has 2 aromatic carbocycles. The van der Waals surface area contributed by atoms with Crippen molar-refractivity contribution in [1.29, 1.82) is 5.26 Å². The molecule has 6 heteroatoms. The number of nitriles is 1. The predicted molar refractivity (Wildman–Crippen MR) is 123 cm³/mol. The van der Waals surface area contributed by atoms with Gasteiger partial charge in [-0.3, -0.25) is 9.78 Å². The number of rotatable bonds is 7. The minimum absolute atomic E-state index is 0.0854. The van der Waals surface area contributed by atoms with Crippen LogP contribution in [0.2, 0.25) is 5.02 Å². The first-order chi connectivity index (χ1) is 14.4. The summed E-state index contributed by atoms with van der Waals surface area (Å²) in [6.45, 7) is 1.83. The summed E-state index contributed by atoms with van der Waals surface area (Å²) in [6.07, 6.45) is 3.96. The summed E-state index contributed by atoms with van der Waals surface area (Å²) in [5.74, 6) is -0.152. The van der Waals surface area contributed by atoms with Crippen LogP contribution in [0, 0.1) is 18.3 Å². The molecule has 30 heavy (non-hydrogen) atoms. The number of halogens is 2. The average Bonchev–Trinajstić information content (AvgIpc) is 2.74. The van der Waals surface area contributed by atoms with Gasteiger partial charge in [-0.2, -0.15) is 5.26 Å². The Kier molecular flexibility index (Phi) is 7.62. The third-order valence-electron chi connectivity index (χ3n) is 4.88. The molecule has 0 aliphatic rings. The number of hydrogen-bond acceptors (Lipinski definition) is 3. The van der Waals surface area contributed by atoms with Crippen molar-refractivity contribution in [3.05, 3.63) is 98.2 Å². The maximum absolute atomic E-state index is 12.9. The van der Waals surface area contributed by atoms with E-state index in [0.29, 0.717) is 22.6 Å². The number of carbonyl (C=O) groups is 1. The number of nitrogens with one attached hydrogen (secondary N) is 1. The van der Waals surface area contributed by atoms with Gasteiger partial charge in [0.15, 0.2) is 0 Å². The van der Waals surface area contributed by atoms with E-state index in [1.54, 1.807) is 24.4 Å². The number of pyridine rings is 1. The van der Waals surface area contributed by atoms with Crippen molar-refractivity contribution >= 4 is 33.4 Å². The zero-order valence-electron chi connectivity index (χ0n) is 16.5. The summed E-state index contributed by atoms with van der Waals surface area (Å²) in [5.41, 5.74) is 3.99. The highest BCUT2D eigenvalue weighted by atomic mass is 79.9. The monoisotopic (exact) mass is 481 g/mol. The van der Waals surface area contributed by atoms with Gasteiger partial charge in [-0.15, -0.1) is 0 Å². The molecule has 0 saturated carbocycles. The smallest absolute Gasteiger partial charge is 0.251 e. The highest BCUT2D eigenvalue weighted by molar-refractivity contribution is 9.10. The first kappa shape index (κ1) is 22.0. The first-order valence-corrected chi connectivity index (χ1v) is 10.8. The molecule has 1 amide bonds. The Morgan fingerprint density at radius 1 is 1.20 bits per heavy atom. The minimum Gasteiger partial charge on any atom is -0.349 e. The van der Waals surface area contributed by atoms with Crippen LogP contribution < -0.4 is 5.32 Å². The third-order valence-corrected chi connectivity index (χ3v) is 5.60. The lowest BCUT2D eigenvalue weighted by molar-refractivity contribution is 0.0934. The maximum Gasteiger partial charge on any atom is 0.251 e. The molecule has 152 valence electrons. The van der Waals surface area contributed by atoms with Crippen molar-refractivity contribution in [1.82, 2.24) is 10.3 Å². The number of carbonyl (C=O) groups excluding carboxylic acids is 1. The highest BCUT2D eigenvalue weighted by Gasteiger charge is 2.16. The standard InChI is InChI=1S/C24H21BrClN3O/c1-16-12-18(5-6-19(16)14-27)24(30)29-23(13-22-11-7-20(25)15-28-22)10-4-17-2-8-21(26)9-3-17/h2-3,5-9,11-12,15,23H,4,10,13H2,1H3,(H,29,30). The molecule has 1 heterocycles. The van der Waals surface area contributed by atoms with Gasteiger partial charge in [-0.1, -0.05) is 23.7 Å². The molecule has 0 radical (unpaired) electrons. The molecule has 1 aromatic heterocycles. The van der Waals surface area contributed by atoms with E-state index < -0.39 is 0 Å². The molecular weight excluding hydrogens is 462 g/mol. The number of amides is 1. The van der Waals surface area contributed by atoms with Crippen LogP contribution in [0.25, 0.3) is 0 Å². The Morgan fingerprint density at radius 3 is 2.60 bits per heavy atom. The van der Waals surface area contributed by atoms with E-state index in [1.165, 1.54) is 0 Å². The molecule has 3 rings (SSSR count). The van der Waals surface area contributed by atoms with Gasteiger partial charge in [0.1, 0.15) is 0 Å². The maximum atomic E-state index is 12.9. The lowest BCUT2D eigenvalue weighted by atomic mass is 10.00. The first-order valence-electron chi connectivity index (χ1n) is 9.61. The van der Waals surface area contributed by atoms with Crippen LogP contribution in [0.4, 0.5) is 0 Å². The molecule has 0 bridgehead atoms. The molecule has 0 saturated heterocycles. The molecule has 1 N–H and O–H groups in total. The highest BCUT2D eigenvalue weighted by Crippen LogP contribution is 2.16. The molecular formula is C24H21BrClN3O. The van der Waals surface area contributed by atoms with Crippen LogP contribution in [0.5, 0.6) is 0 Å². The predicted octanol–water partition coefficient (Wildman–Crippen LogP) is 5.65. The van der Waals surface area contributed by atoms with Crippen LogP contribution in [0.15, 0.2) is 65.3 Å². The number of nitrogens with zero attached hydrogens (tertiary/aromatic N) is 2. The molecule has 0 fully saturated rings. The number of benzene rings is 2. The second-order valence-corrected chi connectivity index (χ2v) is 8.50. The van der Waals surface area contributed by atoms with Gasteiger partial charge in [0, 0.05) is 39.4 Å². The van der Waals surface area contributed by atoms with Crippen molar-refractivity contribution in [3.8, 4) is 6.07 Å². The SMILES string of the molecule is Cc1cc(C(=O)NC(CCc2ccc(Cl)cc2)Cc2ccc(Br)cn2)ccc1C#N. The normalized spacial score (nSPS) is 11.5. The lowest BCUT2D eigenvalue weighted by Crippen LogP contribution is -2.37. The summed E-state index contributed by atoms with van der Waals surface area (Å²) in [7, 11) is 0. The van der Waals surface area contributed by atoms with E-state index in [1.807, 2.05) is 43.3 Å². The minimum atomic E-state index is -0.152. The number of aromatic nitrogens is 1. The van der Waals surface area contributed by atoms with Crippen LogP contribution in [0.3, 0.4) is 0 Å². The van der Waals surface area contributed by atoms with Gasteiger partial charge in [-0.05, 0) is 89.3 Å². The average molecular weight is 483 g/mol. The van der Waals surface area contributed by atoms with Crippen LogP contribution in [-0.2, 0) is 12.8 Å². The molecule has 0 aliphatic heterocycles. The number of hydrogen-bond donors (Lipinski definition) is 1. The molecule has 3 aromatic rings. The molecule has 0 spiro atoms. The van der Waals surface area contributed by atoms with Gasteiger partial charge in [-0.25, -0.2) is 0 Å². The van der Waals surface area contributed by atoms with E-state index in [-0.39, 0.29) is 11.9 Å². The van der Waals surface area contributed by atoms with Gasteiger partial charge < -0.3 is 5.32 Å². The van der Waals surface area contributed by atoms with E-state index in [2.05, 4.69) is 32.3 Å². The van der Waals surface area contributed by atoms with Gasteiger partial charge in [0.25, 0.3) is 5.91 Å². The van der Waals surface area contributed by atoms with E-state index in [0.717, 1.165) is 34.1 Å². The Labute approximate surface area is 190 Å². The molecule has 4 nitrogen and oxygen atoms in total. The fourth-order valence-corrected chi connectivity index (χ4v) is 3.56. The van der Waals surface area contributed by atoms with Gasteiger partial charge >= 0.3 is 0 Å². The lowest BCUT2D eigenvalue weighted by Gasteiger charge is -2.19. The number of aryl methyl sites for hydroxylation is 2. The van der Waals surface area contributed by atoms with Crippen molar-refractivity contribution in [2.45, 2.75) is 32.2 Å². The third kappa shape index (κ3) is 6.16. The van der Waals surface area contributed by atoms with Crippen LogP contribution in [0.1, 0.15) is 39.2 Å². The molecule has 1 atom stereocenters. The topological polar surface area (TPSA) is 65.8 Å². The van der Waals surface area contributed by atoms with E-state index in [9.17, 15) is 4.79 Å². The van der Waals surface area contributed by atoms with E-state index in [4.69, 9.17) is 16.9 Å². The van der Waals surface area contributed by atoms with Gasteiger partial charge in [0.2, 0.25) is 0 Å². The van der Waals surface area contributed by atoms with Crippen molar-refractivity contribution < 1.29 is 4.79 Å². The Bertz CT molecular complexity index is 1060. The fourth-order valence-electron chi connectivity index (χ4n) is 3.20. The fraction of sp³-hybridized carbons (Fsp3) is 0.208. The molecule has 0 aliphatic carbocycles. The Hall–Kier alpha value is -2.68. The van der Waals surface area contributed by atoms with E-state index >= 15 is 0 Å². The quantitative estimate of drug-likeness (QED) is 0.473. The summed E-state index contributed by atoms with van der Waals surface area (Å²) in [5, 5.41) is 13.0. The van der Waals surface area contributed by atoms with Crippen LogP contribution >= 0.6 is 27.5 Å². The zero-order chi connectivity index (χ0) is 21.5. The van der Waals surface area contributed by atoms with Crippen LogP contribution in [-0.4, -0.2) is 16.9 Å². The zero-order valence-corrected chi connectivity index (χ0v) is 18.9.